The van der Waals surface area contributed by atoms with E-state index in [1.165, 1.54) is 27.2 Å². The summed E-state index contributed by atoms with van der Waals surface area (Å²) in [6.45, 7) is 21.9. The van der Waals surface area contributed by atoms with Gasteiger partial charge in [-0.2, -0.15) is 0 Å². The van der Waals surface area contributed by atoms with Gasteiger partial charge in [0.1, 0.15) is 12.4 Å². The molecule has 0 aromatic carbocycles. The lowest BCUT2D eigenvalue weighted by molar-refractivity contribution is -0.767. The van der Waals surface area contributed by atoms with Crippen LogP contribution in [0.3, 0.4) is 0 Å². The Labute approximate surface area is 172 Å². The van der Waals surface area contributed by atoms with E-state index in [0.29, 0.717) is 11.8 Å². The highest BCUT2D eigenvalue weighted by molar-refractivity contribution is 6.12. The molecule has 0 radical (unpaired) electrons. The molecular formula is C26H40NO+. The number of ketones is 1. The molecule has 0 unspecified atom stereocenters. The molecule has 0 amide bonds. The smallest absolute Gasteiger partial charge is 0.186 e. The topological polar surface area (TPSA) is 21.5 Å². The highest BCUT2D eigenvalue weighted by atomic mass is 16.1. The molecule has 0 spiro atoms. The number of nitrogens with one attached hydrogen (secondary N) is 1. The molecule has 2 rings (SSSR count). The van der Waals surface area contributed by atoms with Crippen molar-refractivity contribution in [3.05, 3.63) is 58.0 Å². The van der Waals surface area contributed by atoms with Gasteiger partial charge in [0.2, 0.25) is 0 Å². The molecule has 1 aliphatic carbocycles. The Morgan fingerprint density at radius 2 is 1.11 bits per heavy atom. The fourth-order valence-electron chi connectivity index (χ4n) is 3.97. The Kier molecular flexibility index (Phi) is 6.16. The predicted octanol–water partition coefficient (Wildman–Crippen LogP) is 5.42. The third kappa shape index (κ3) is 4.49. The van der Waals surface area contributed by atoms with Crippen molar-refractivity contribution in [3.63, 3.8) is 0 Å². The van der Waals surface area contributed by atoms with Gasteiger partial charge in [-0.25, -0.2) is 0 Å². The number of rotatable bonds is 2. The van der Waals surface area contributed by atoms with Crippen molar-refractivity contribution in [1.82, 2.24) is 0 Å². The summed E-state index contributed by atoms with van der Waals surface area (Å²) in [4.78, 5) is 14.6. The second-order valence-corrected chi connectivity index (χ2v) is 11.0. The maximum Gasteiger partial charge on any atom is 0.186 e. The van der Waals surface area contributed by atoms with E-state index in [2.05, 4.69) is 101 Å². The van der Waals surface area contributed by atoms with Crippen molar-refractivity contribution in [3.8, 4) is 0 Å². The Bertz CT molecular complexity index is 747. The van der Waals surface area contributed by atoms with Gasteiger partial charge in [-0.3, -0.25) is 9.69 Å². The van der Waals surface area contributed by atoms with Gasteiger partial charge in [0.05, 0.1) is 7.05 Å². The number of Topliss-reactive ketones (excluding diaryl/α,β-unsaturated/α-hetero) is 1. The van der Waals surface area contributed by atoms with E-state index in [0.717, 1.165) is 11.1 Å². The van der Waals surface area contributed by atoms with Crippen LogP contribution in [0.5, 0.6) is 0 Å². The lowest BCUT2D eigenvalue weighted by Gasteiger charge is -2.33. The summed E-state index contributed by atoms with van der Waals surface area (Å²) in [7, 11) is 2.18. The summed E-state index contributed by atoms with van der Waals surface area (Å²) < 4.78 is 0. The molecule has 1 N–H and O–H groups in total. The fraction of sp³-hybridized carbons (Fsp3) is 0.577. The van der Waals surface area contributed by atoms with Crippen LogP contribution in [0.2, 0.25) is 0 Å². The number of hydrogen-bond donors (Lipinski definition) is 1. The van der Waals surface area contributed by atoms with Crippen LogP contribution in [0, 0.1) is 22.7 Å². The fourth-order valence-corrected chi connectivity index (χ4v) is 3.97. The molecule has 0 aromatic heterocycles. The van der Waals surface area contributed by atoms with Gasteiger partial charge in [0, 0.05) is 22.3 Å². The van der Waals surface area contributed by atoms with E-state index in [4.69, 9.17) is 0 Å². The SMILES string of the molecule is CC(C)C1=C[NH+](C)C=C(C(C)C)C1=C1C=C(C(C)(C)C)C(=O)C(C(C)(C)C)=C1. The van der Waals surface area contributed by atoms with Crippen molar-refractivity contribution < 1.29 is 9.69 Å². The van der Waals surface area contributed by atoms with Crippen LogP contribution in [0.25, 0.3) is 0 Å². The van der Waals surface area contributed by atoms with Crippen LogP contribution < -0.4 is 4.90 Å². The maximum absolute atomic E-state index is 13.3. The summed E-state index contributed by atoms with van der Waals surface area (Å²) in [5.74, 6) is 1.05. The summed E-state index contributed by atoms with van der Waals surface area (Å²) in [5, 5.41) is 0. The molecule has 1 heterocycles. The summed E-state index contributed by atoms with van der Waals surface area (Å²) in [6.07, 6.45) is 8.98. The average Bonchev–Trinajstić information content (AvgIpc) is 2.52. The minimum absolute atomic E-state index is 0.187. The molecule has 0 fully saturated rings. The molecular weight excluding hydrogens is 342 g/mol. The largest absolute Gasteiger partial charge is 0.289 e. The number of quaternary nitrogens is 1. The van der Waals surface area contributed by atoms with E-state index >= 15 is 0 Å². The average molecular weight is 383 g/mol. The monoisotopic (exact) mass is 382 g/mol. The summed E-state index contributed by atoms with van der Waals surface area (Å²) in [5.41, 5.74) is 6.74. The zero-order chi connectivity index (χ0) is 21.6. The van der Waals surface area contributed by atoms with Crippen molar-refractivity contribution >= 4 is 5.78 Å². The minimum Gasteiger partial charge on any atom is -0.289 e. The van der Waals surface area contributed by atoms with E-state index in [9.17, 15) is 4.79 Å². The quantitative estimate of drug-likeness (QED) is 0.677. The molecule has 2 aliphatic rings. The minimum atomic E-state index is -0.187. The molecule has 1 aliphatic heterocycles. The van der Waals surface area contributed by atoms with Gasteiger partial charge in [-0.05, 0) is 46.0 Å². The standard InChI is InChI=1S/C26H39NO/c1-16(2)19-14-27(11)15-20(17(3)4)23(19)18-12-21(25(5,6)7)24(28)22(13-18)26(8,9)10/h12-17H,1-11H3/p+1. The van der Waals surface area contributed by atoms with Crippen molar-refractivity contribution in [2.45, 2.75) is 69.2 Å². The van der Waals surface area contributed by atoms with Crippen LogP contribution in [-0.2, 0) is 4.79 Å². The van der Waals surface area contributed by atoms with Gasteiger partial charge in [-0.15, -0.1) is 0 Å². The lowest BCUT2D eigenvalue weighted by Crippen LogP contribution is -3.00. The normalized spacial score (nSPS) is 21.8. The Morgan fingerprint density at radius 1 is 0.750 bits per heavy atom. The van der Waals surface area contributed by atoms with Crippen LogP contribution in [0.15, 0.2) is 58.0 Å². The molecule has 0 atom stereocenters. The number of hydrogen-bond acceptors (Lipinski definition) is 1. The predicted molar refractivity (Wildman–Crippen MR) is 120 cm³/mol. The first-order valence-electron chi connectivity index (χ1n) is 10.7. The Hall–Kier alpha value is -1.67. The van der Waals surface area contributed by atoms with Crippen molar-refractivity contribution in [2.24, 2.45) is 22.7 Å². The van der Waals surface area contributed by atoms with E-state index in [1.807, 2.05) is 0 Å². The van der Waals surface area contributed by atoms with Crippen LogP contribution in [0.1, 0.15) is 69.2 Å². The van der Waals surface area contributed by atoms with E-state index < -0.39 is 0 Å². The lowest BCUT2D eigenvalue weighted by atomic mass is 9.70. The number of carbonyl (C=O) groups is 1. The molecule has 28 heavy (non-hydrogen) atoms. The van der Waals surface area contributed by atoms with Gasteiger partial charge in [0.15, 0.2) is 5.78 Å². The zero-order valence-corrected chi connectivity index (χ0v) is 19.9. The molecule has 0 saturated carbocycles. The van der Waals surface area contributed by atoms with Gasteiger partial charge >= 0.3 is 0 Å². The second-order valence-electron chi connectivity index (χ2n) is 11.0. The number of allylic oxidation sites excluding steroid dienone is 8. The number of carbonyl (C=O) groups excluding carboxylic acids is 1. The van der Waals surface area contributed by atoms with Crippen molar-refractivity contribution in [2.75, 3.05) is 7.05 Å². The van der Waals surface area contributed by atoms with E-state index in [-0.39, 0.29) is 16.6 Å². The van der Waals surface area contributed by atoms with Gasteiger partial charge < -0.3 is 0 Å². The first kappa shape index (κ1) is 22.6. The van der Waals surface area contributed by atoms with Crippen LogP contribution in [-0.4, -0.2) is 12.8 Å². The third-order valence-electron chi connectivity index (χ3n) is 5.58. The highest BCUT2D eigenvalue weighted by Gasteiger charge is 2.36. The second kappa shape index (κ2) is 7.63. The zero-order valence-electron chi connectivity index (χ0n) is 19.9. The maximum atomic E-state index is 13.3. The molecule has 2 nitrogen and oxygen atoms in total. The van der Waals surface area contributed by atoms with E-state index in [1.54, 1.807) is 0 Å². The first-order valence-corrected chi connectivity index (χ1v) is 10.7. The van der Waals surface area contributed by atoms with Crippen LogP contribution in [0.4, 0.5) is 0 Å². The van der Waals surface area contributed by atoms with Crippen molar-refractivity contribution in [1.29, 1.82) is 0 Å². The molecule has 2 heteroatoms. The third-order valence-corrected chi connectivity index (χ3v) is 5.58. The summed E-state index contributed by atoms with van der Waals surface area (Å²) >= 11 is 0. The molecule has 0 bridgehead atoms. The first-order chi connectivity index (χ1) is 12.6. The molecule has 154 valence electrons. The Balaban J connectivity index is 2.90. The molecule has 0 saturated heterocycles. The van der Waals surface area contributed by atoms with Crippen LogP contribution >= 0.6 is 0 Å². The van der Waals surface area contributed by atoms with Gasteiger partial charge in [-0.1, -0.05) is 69.2 Å². The Morgan fingerprint density at radius 3 is 1.39 bits per heavy atom. The molecule has 0 aromatic rings. The summed E-state index contributed by atoms with van der Waals surface area (Å²) in [6, 6.07) is 0. The van der Waals surface area contributed by atoms with Gasteiger partial charge in [0.25, 0.3) is 0 Å². The highest BCUT2D eigenvalue weighted by Crippen LogP contribution is 2.42.